The van der Waals surface area contributed by atoms with Gasteiger partial charge in [-0.05, 0) is 56.2 Å². The molecule has 1 saturated heterocycles. The number of carbonyl (C=O) groups excluding carboxylic acids is 2. The van der Waals surface area contributed by atoms with E-state index < -0.39 is 41.0 Å². The predicted octanol–water partition coefficient (Wildman–Crippen LogP) is 6.64. The van der Waals surface area contributed by atoms with Crippen LogP contribution in [0.5, 0.6) is 0 Å². The second-order valence-corrected chi connectivity index (χ2v) is 11.4. The molecular weight excluding hydrogens is 540 g/mol. The molecule has 3 aromatic carbocycles. The number of carbonyl (C=O) groups is 2. The van der Waals surface area contributed by atoms with Crippen LogP contribution in [0.1, 0.15) is 49.4 Å². The fraction of sp³-hybridized carbons (Fsp3) is 0.250. The van der Waals surface area contributed by atoms with Gasteiger partial charge in [0.25, 0.3) is 5.91 Å². The van der Waals surface area contributed by atoms with Gasteiger partial charge in [0.05, 0.1) is 11.7 Å². The Labute approximate surface area is 243 Å². The summed E-state index contributed by atoms with van der Waals surface area (Å²) in [5.41, 5.74) is -0.981. The number of amides is 2. The smallest absolute Gasteiger partial charge is 0.421 e. The van der Waals surface area contributed by atoms with Gasteiger partial charge in [0, 0.05) is 22.4 Å². The summed E-state index contributed by atoms with van der Waals surface area (Å²) in [6, 6.07) is 25.9. The van der Waals surface area contributed by atoms with Crippen LogP contribution < -0.4 is 4.90 Å². The Kier molecular flexibility index (Phi) is 7.19. The minimum atomic E-state index is -1.88. The summed E-state index contributed by atoms with van der Waals surface area (Å²) in [5, 5.41) is 33.3. The Morgan fingerprint density at radius 3 is 2.20 bits per heavy atom. The third kappa shape index (κ3) is 4.57. The molecule has 2 amide bonds. The molecule has 9 heteroatoms. The van der Waals surface area contributed by atoms with Crippen LogP contribution in [0.4, 0.5) is 10.5 Å². The number of benzene rings is 3. The number of hydroxylamine groups is 2. The van der Waals surface area contributed by atoms with Gasteiger partial charge >= 0.3 is 6.09 Å². The van der Waals surface area contributed by atoms with Gasteiger partial charge in [0.1, 0.15) is 23.3 Å². The summed E-state index contributed by atoms with van der Waals surface area (Å²) < 4.78 is 5.61. The lowest BCUT2D eigenvalue weighted by Gasteiger charge is -2.35. The van der Waals surface area contributed by atoms with E-state index in [-0.39, 0.29) is 11.3 Å². The van der Waals surface area contributed by atoms with Crippen molar-refractivity contribution in [2.45, 2.75) is 43.9 Å². The molecule has 8 nitrogen and oxygen atoms in total. The molecule has 5 rings (SSSR count). The van der Waals surface area contributed by atoms with Crippen LogP contribution in [0.15, 0.2) is 90.5 Å². The number of rotatable bonds is 3. The van der Waals surface area contributed by atoms with Crippen LogP contribution in [0.2, 0.25) is 5.02 Å². The molecule has 1 spiro atoms. The number of nitrogens with zero attached hydrogens (tertiary/aromatic N) is 4. The van der Waals surface area contributed by atoms with E-state index in [2.05, 4.69) is 0 Å². The van der Waals surface area contributed by atoms with Gasteiger partial charge in [0.15, 0.2) is 5.54 Å². The molecule has 3 aromatic rings. The molecule has 206 valence electrons. The largest absolute Gasteiger partial charge is 0.443 e. The minimum Gasteiger partial charge on any atom is -0.443 e. The molecule has 41 heavy (non-hydrogen) atoms. The van der Waals surface area contributed by atoms with E-state index in [0.29, 0.717) is 16.1 Å². The Bertz CT molecular complexity index is 1600. The highest BCUT2D eigenvalue weighted by Gasteiger charge is 2.69. The number of para-hydroxylation sites is 1. The molecule has 0 saturated carbocycles. The number of hydrogen-bond donors (Lipinski definition) is 1. The van der Waals surface area contributed by atoms with Gasteiger partial charge < -0.3 is 9.94 Å². The summed E-state index contributed by atoms with van der Waals surface area (Å²) in [6.07, 6.45) is 0.536. The van der Waals surface area contributed by atoms with E-state index in [9.17, 15) is 25.3 Å². The normalized spacial score (nSPS) is 23.5. The van der Waals surface area contributed by atoms with Crippen molar-refractivity contribution >= 4 is 29.3 Å². The van der Waals surface area contributed by atoms with Crippen LogP contribution in [0.25, 0.3) is 0 Å². The number of anilines is 1. The summed E-state index contributed by atoms with van der Waals surface area (Å²) >= 11 is 6.21. The highest BCUT2D eigenvalue weighted by atomic mass is 35.5. The number of fused-ring (bicyclic) bond motifs is 2. The van der Waals surface area contributed by atoms with E-state index in [4.69, 9.17) is 16.3 Å². The maximum absolute atomic E-state index is 14.7. The van der Waals surface area contributed by atoms with Crippen molar-refractivity contribution in [2.24, 2.45) is 5.92 Å². The fourth-order valence-corrected chi connectivity index (χ4v) is 6.10. The molecule has 0 aliphatic carbocycles. The number of halogens is 1. The SMILES string of the molecule is CC(C)(C)OC(=O)N1C(=O)[C@@]2(c3ccccc31)[C@H](C=C(C#N)C#N)[C@@H](c1ccc(Cl)cc1)[C@H](c1ccccc1)N2O. The van der Waals surface area contributed by atoms with E-state index >= 15 is 0 Å². The summed E-state index contributed by atoms with van der Waals surface area (Å²) in [6.45, 7) is 5.09. The van der Waals surface area contributed by atoms with Crippen LogP contribution in [0, 0.1) is 28.6 Å². The average molecular weight is 567 g/mol. The lowest BCUT2D eigenvalue weighted by molar-refractivity contribution is -0.189. The molecule has 0 unspecified atom stereocenters. The van der Waals surface area contributed by atoms with Crippen molar-refractivity contribution in [3.8, 4) is 12.1 Å². The number of imide groups is 1. The van der Waals surface area contributed by atoms with Crippen molar-refractivity contribution in [3.05, 3.63) is 112 Å². The molecule has 0 radical (unpaired) electrons. The van der Waals surface area contributed by atoms with E-state index in [1.807, 2.05) is 42.5 Å². The lowest BCUT2D eigenvalue weighted by Crippen LogP contribution is -2.53. The molecular formula is C32H27ClN4O4. The standard InChI is InChI=1S/C32H27ClN4O4/c1-31(2,3)41-30(39)36-26-12-8-7-11-24(26)32(29(36)38)25(17-20(18-34)19-35)27(21-13-15-23(33)16-14-21)28(37(32)40)22-9-5-4-6-10-22/h4-17,25,27-28,40H,1-3H3/t25-,27-,28+,32-/m1/s1. The Hall–Kier alpha value is -4.47. The maximum Gasteiger partial charge on any atom is 0.421 e. The topological polar surface area (TPSA) is 118 Å². The Morgan fingerprint density at radius 1 is 0.976 bits per heavy atom. The zero-order valence-corrected chi connectivity index (χ0v) is 23.4. The molecule has 1 fully saturated rings. The quantitative estimate of drug-likeness (QED) is 0.353. The summed E-state index contributed by atoms with van der Waals surface area (Å²) in [4.78, 5) is 29.2. The number of ether oxygens (including phenoxy) is 1. The molecule has 2 heterocycles. The second kappa shape index (κ2) is 10.5. The van der Waals surface area contributed by atoms with E-state index in [0.717, 1.165) is 15.5 Å². The monoisotopic (exact) mass is 566 g/mol. The van der Waals surface area contributed by atoms with Gasteiger partial charge in [-0.3, -0.25) is 4.79 Å². The van der Waals surface area contributed by atoms with Crippen LogP contribution in [-0.2, 0) is 15.1 Å². The first-order chi connectivity index (χ1) is 19.5. The molecule has 2 aliphatic rings. The fourth-order valence-electron chi connectivity index (χ4n) is 5.98. The van der Waals surface area contributed by atoms with Crippen molar-refractivity contribution in [3.63, 3.8) is 0 Å². The third-order valence-corrected chi connectivity index (χ3v) is 7.73. The van der Waals surface area contributed by atoms with Crippen molar-refractivity contribution in [1.29, 1.82) is 10.5 Å². The predicted molar refractivity (Wildman–Crippen MR) is 152 cm³/mol. The summed E-state index contributed by atoms with van der Waals surface area (Å²) in [7, 11) is 0. The number of allylic oxidation sites excluding steroid dienone is 1. The first kappa shape index (κ1) is 28.1. The van der Waals surface area contributed by atoms with Gasteiger partial charge in [-0.2, -0.15) is 15.6 Å². The van der Waals surface area contributed by atoms with Crippen LogP contribution >= 0.6 is 11.6 Å². The molecule has 1 N–H and O–H groups in total. The zero-order chi connectivity index (χ0) is 29.5. The highest BCUT2D eigenvalue weighted by molar-refractivity contribution is 6.30. The van der Waals surface area contributed by atoms with Crippen molar-refractivity contribution in [1.82, 2.24) is 5.06 Å². The first-order valence-corrected chi connectivity index (χ1v) is 13.4. The number of hydrogen-bond acceptors (Lipinski definition) is 7. The Morgan fingerprint density at radius 2 is 1.59 bits per heavy atom. The van der Waals surface area contributed by atoms with Gasteiger partial charge in [-0.15, -0.1) is 0 Å². The highest BCUT2D eigenvalue weighted by Crippen LogP contribution is 2.63. The van der Waals surface area contributed by atoms with E-state index in [1.54, 1.807) is 69.3 Å². The zero-order valence-electron chi connectivity index (χ0n) is 22.7. The second-order valence-electron chi connectivity index (χ2n) is 11.0. The third-order valence-electron chi connectivity index (χ3n) is 7.48. The molecule has 2 aliphatic heterocycles. The van der Waals surface area contributed by atoms with Gasteiger partial charge in [-0.25, -0.2) is 9.69 Å². The molecule has 4 atom stereocenters. The first-order valence-electron chi connectivity index (χ1n) is 13.0. The Balaban J connectivity index is 1.84. The maximum atomic E-state index is 14.7. The van der Waals surface area contributed by atoms with Crippen molar-refractivity contribution in [2.75, 3.05) is 4.90 Å². The molecule has 0 bridgehead atoms. The van der Waals surface area contributed by atoms with Gasteiger partial charge in [0.2, 0.25) is 0 Å². The van der Waals surface area contributed by atoms with E-state index in [1.165, 1.54) is 6.08 Å². The van der Waals surface area contributed by atoms with Crippen LogP contribution in [0.3, 0.4) is 0 Å². The number of nitriles is 2. The lowest BCUT2D eigenvalue weighted by atomic mass is 9.71. The average Bonchev–Trinajstić information content (AvgIpc) is 3.36. The summed E-state index contributed by atoms with van der Waals surface area (Å²) in [5.74, 6) is -2.36. The van der Waals surface area contributed by atoms with Crippen LogP contribution in [-0.4, -0.2) is 27.9 Å². The van der Waals surface area contributed by atoms with Crippen molar-refractivity contribution < 1.29 is 19.5 Å². The van der Waals surface area contributed by atoms with Gasteiger partial charge in [-0.1, -0.05) is 72.3 Å². The molecule has 0 aromatic heterocycles. The minimum absolute atomic E-state index is 0.226.